The van der Waals surface area contributed by atoms with Crippen molar-refractivity contribution in [2.75, 3.05) is 26.2 Å². The second-order valence-corrected chi connectivity index (χ2v) is 8.67. The SMILES string of the molecule is O=C(c1cc(C2CC2)on1)N1CCC2(CCCN(Cc3ccccc3)C2)C1. The summed E-state index contributed by atoms with van der Waals surface area (Å²) < 4.78 is 5.38. The van der Waals surface area contributed by atoms with E-state index in [2.05, 4.69) is 40.4 Å². The van der Waals surface area contributed by atoms with Gasteiger partial charge in [-0.1, -0.05) is 35.5 Å². The first-order chi connectivity index (χ1) is 13.2. The van der Waals surface area contributed by atoms with E-state index >= 15 is 0 Å². The molecule has 5 nitrogen and oxygen atoms in total. The fraction of sp³-hybridized carbons (Fsp3) is 0.545. The molecule has 2 saturated heterocycles. The van der Waals surface area contributed by atoms with Crippen LogP contribution in [0, 0.1) is 5.41 Å². The molecule has 3 heterocycles. The molecule has 1 unspecified atom stereocenters. The Labute approximate surface area is 160 Å². The maximum Gasteiger partial charge on any atom is 0.276 e. The largest absolute Gasteiger partial charge is 0.360 e. The lowest BCUT2D eigenvalue weighted by Gasteiger charge is -2.40. The number of hydrogen-bond donors (Lipinski definition) is 0. The number of likely N-dealkylation sites (tertiary alicyclic amines) is 2. The molecule has 142 valence electrons. The van der Waals surface area contributed by atoms with Crippen LogP contribution in [0.2, 0.25) is 0 Å². The molecule has 3 fully saturated rings. The van der Waals surface area contributed by atoms with Gasteiger partial charge >= 0.3 is 0 Å². The smallest absolute Gasteiger partial charge is 0.276 e. The molecule has 5 rings (SSSR count). The molecule has 2 aliphatic heterocycles. The van der Waals surface area contributed by atoms with Gasteiger partial charge in [0.1, 0.15) is 5.76 Å². The van der Waals surface area contributed by atoms with Crippen LogP contribution >= 0.6 is 0 Å². The number of benzene rings is 1. The van der Waals surface area contributed by atoms with Gasteiger partial charge < -0.3 is 9.42 Å². The molecule has 1 aromatic carbocycles. The van der Waals surface area contributed by atoms with E-state index in [1.54, 1.807) is 0 Å². The van der Waals surface area contributed by atoms with E-state index < -0.39 is 0 Å². The summed E-state index contributed by atoms with van der Waals surface area (Å²) in [6, 6.07) is 12.6. The summed E-state index contributed by atoms with van der Waals surface area (Å²) in [6.07, 6.45) is 5.84. The standard InChI is InChI=1S/C22H27N3O2/c26-21(19-13-20(27-23-19)18-7-8-18)25-12-10-22(16-25)9-4-11-24(15-22)14-17-5-2-1-3-6-17/h1-3,5-6,13,18H,4,7-12,14-16H2. The van der Waals surface area contributed by atoms with Crippen LogP contribution in [-0.4, -0.2) is 47.0 Å². The monoisotopic (exact) mass is 365 g/mol. The van der Waals surface area contributed by atoms with Gasteiger partial charge in [0.15, 0.2) is 5.69 Å². The Morgan fingerprint density at radius 1 is 1.15 bits per heavy atom. The fourth-order valence-corrected chi connectivity index (χ4v) is 4.84. The van der Waals surface area contributed by atoms with Gasteiger partial charge in [-0.05, 0) is 44.2 Å². The van der Waals surface area contributed by atoms with Crippen LogP contribution in [0.15, 0.2) is 40.9 Å². The average molecular weight is 365 g/mol. The van der Waals surface area contributed by atoms with Gasteiger partial charge in [0.05, 0.1) is 0 Å². The van der Waals surface area contributed by atoms with E-state index in [1.165, 1.54) is 18.4 Å². The first-order valence-electron chi connectivity index (χ1n) is 10.2. The van der Waals surface area contributed by atoms with Crippen molar-refractivity contribution < 1.29 is 9.32 Å². The lowest BCUT2D eigenvalue weighted by molar-refractivity contribution is 0.0667. The first kappa shape index (κ1) is 17.0. The predicted molar refractivity (Wildman–Crippen MR) is 102 cm³/mol. The summed E-state index contributed by atoms with van der Waals surface area (Å²) >= 11 is 0. The summed E-state index contributed by atoms with van der Waals surface area (Å²) in [5.41, 5.74) is 2.10. The maximum atomic E-state index is 12.9. The molecule has 2 aromatic rings. The lowest BCUT2D eigenvalue weighted by Crippen LogP contribution is -2.45. The minimum absolute atomic E-state index is 0.0442. The minimum Gasteiger partial charge on any atom is -0.360 e. The molecule has 3 aliphatic rings. The van der Waals surface area contributed by atoms with Gasteiger partial charge in [-0.15, -0.1) is 0 Å². The molecule has 1 atom stereocenters. The van der Waals surface area contributed by atoms with E-state index in [4.69, 9.17) is 4.52 Å². The fourth-order valence-electron chi connectivity index (χ4n) is 4.84. The number of carbonyl (C=O) groups excluding carboxylic acids is 1. The maximum absolute atomic E-state index is 12.9. The van der Waals surface area contributed by atoms with Crippen LogP contribution < -0.4 is 0 Å². The van der Waals surface area contributed by atoms with Crippen LogP contribution in [0.3, 0.4) is 0 Å². The molecule has 1 saturated carbocycles. The molecule has 27 heavy (non-hydrogen) atoms. The Morgan fingerprint density at radius 2 is 2.00 bits per heavy atom. The highest BCUT2D eigenvalue weighted by atomic mass is 16.5. The Kier molecular flexibility index (Phi) is 4.27. The third-order valence-corrected chi connectivity index (χ3v) is 6.44. The van der Waals surface area contributed by atoms with Crippen molar-refractivity contribution in [1.29, 1.82) is 0 Å². The number of rotatable bonds is 4. The van der Waals surface area contributed by atoms with Crippen LogP contribution in [0.5, 0.6) is 0 Å². The number of piperidine rings is 1. The van der Waals surface area contributed by atoms with Gasteiger partial charge in [-0.25, -0.2) is 0 Å². The van der Waals surface area contributed by atoms with Gasteiger partial charge in [0.2, 0.25) is 0 Å². The molecule has 5 heteroatoms. The highest BCUT2D eigenvalue weighted by Crippen LogP contribution is 2.41. The second kappa shape index (κ2) is 6.79. The third kappa shape index (κ3) is 3.53. The van der Waals surface area contributed by atoms with Crippen molar-refractivity contribution in [2.24, 2.45) is 5.41 Å². The minimum atomic E-state index is 0.0442. The topological polar surface area (TPSA) is 49.6 Å². The van der Waals surface area contributed by atoms with Gasteiger partial charge in [-0.2, -0.15) is 0 Å². The molecule has 1 spiro atoms. The molecular weight excluding hydrogens is 338 g/mol. The van der Waals surface area contributed by atoms with Gasteiger partial charge in [0.25, 0.3) is 5.91 Å². The summed E-state index contributed by atoms with van der Waals surface area (Å²) in [5, 5.41) is 4.05. The van der Waals surface area contributed by atoms with Crippen LogP contribution in [0.25, 0.3) is 0 Å². The average Bonchev–Trinajstić information content (AvgIpc) is 3.28. The second-order valence-electron chi connectivity index (χ2n) is 8.67. The summed E-state index contributed by atoms with van der Waals surface area (Å²) in [6.45, 7) is 4.92. The van der Waals surface area contributed by atoms with Crippen molar-refractivity contribution >= 4 is 5.91 Å². The van der Waals surface area contributed by atoms with Gasteiger partial charge in [0, 0.05) is 43.6 Å². The van der Waals surface area contributed by atoms with Gasteiger partial charge in [-0.3, -0.25) is 9.69 Å². The number of hydrogen-bond acceptors (Lipinski definition) is 4. The zero-order valence-electron chi connectivity index (χ0n) is 15.8. The Bertz CT molecular complexity index is 814. The molecule has 0 bridgehead atoms. The van der Waals surface area contributed by atoms with E-state index in [1.807, 2.05) is 11.0 Å². The summed E-state index contributed by atoms with van der Waals surface area (Å²) in [5.74, 6) is 1.43. The molecule has 0 N–H and O–H groups in total. The first-order valence-corrected chi connectivity index (χ1v) is 10.2. The zero-order valence-corrected chi connectivity index (χ0v) is 15.8. The Morgan fingerprint density at radius 3 is 2.81 bits per heavy atom. The number of nitrogens with zero attached hydrogens (tertiary/aromatic N) is 3. The molecular formula is C22H27N3O2. The quantitative estimate of drug-likeness (QED) is 0.829. The normalized spacial score (nSPS) is 26.0. The van der Waals surface area contributed by atoms with Crippen molar-refractivity contribution in [1.82, 2.24) is 15.0 Å². The summed E-state index contributed by atoms with van der Waals surface area (Å²) in [4.78, 5) is 17.5. The van der Waals surface area contributed by atoms with E-state index in [-0.39, 0.29) is 11.3 Å². The van der Waals surface area contributed by atoms with E-state index in [0.29, 0.717) is 11.6 Å². The number of carbonyl (C=O) groups is 1. The molecule has 1 aliphatic carbocycles. The zero-order chi connectivity index (χ0) is 18.3. The van der Waals surface area contributed by atoms with Crippen molar-refractivity contribution in [2.45, 2.75) is 44.6 Å². The lowest BCUT2D eigenvalue weighted by atomic mass is 9.79. The van der Waals surface area contributed by atoms with E-state index in [9.17, 15) is 4.79 Å². The summed E-state index contributed by atoms with van der Waals surface area (Å²) in [7, 11) is 0. The van der Waals surface area contributed by atoms with Crippen molar-refractivity contribution in [3.63, 3.8) is 0 Å². The van der Waals surface area contributed by atoms with Crippen molar-refractivity contribution in [3.8, 4) is 0 Å². The number of amides is 1. The Hall–Kier alpha value is -2.14. The molecule has 1 amide bonds. The van der Waals surface area contributed by atoms with Crippen LogP contribution in [-0.2, 0) is 6.54 Å². The highest BCUT2D eigenvalue weighted by molar-refractivity contribution is 5.92. The third-order valence-electron chi connectivity index (χ3n) is 6.44. The molecule has 0 radical (unpaired) electrons. The van der Waals surface area contributed by atoms with E-state index in [0.717, 1.165) is 57.7 Å². The predicted octanol–water partition coefficient (Wildman–Crippen LogP) is 3.68. The highest BCUT2D eigenvalue weighted by Gasteiger charge is 2.43. The number of aromatic nitrogens is 1. The van der Waals surface area contributed by atoms with Crippen molar-refractivity contribution in [3.05, 3.63) is 53.4 Å². The Balaban J connectivity index is 1.23. The van der Waals surface area contributed by atoms with Crippen LogP contribution in [0.4, 0.5) is 0 Å². The van der Waals surface area contributed by atoms with Crippen LogP contribution in [0.1, 0.15) is 59.8 Å². The molecule has 1 aromatic heterocycles.